The van der Waals surface area contributed by atoms with E-state index in [1.165, 1.54) is 12.1 Å². The van der Waals surface area contributed by atoms with Gasteiger partial charge in [-0.15, -0.1) is 11.8 Å². The van der Waals surface area contributed by atoms with Crippen LogP contribution in [0.25, 0.3) is 0 Å². The monoisotopic (exact) mass is 349 g/mol. The smallest absolute Gasteiger partial charge is 0.240 e. The van der Waals surface area contributed by atoms with E-state index in [9.17, 15) is 13.2 Å². The fourth-order valence-corrected chi connectivity index (χ4v) is 4.05. The maximum Gasteiger partial charge on any atom is 0.240 e. The van der Waals surface area contributed by atoms with E-state index in [1.54, 1.807) is 23.9 Å². The quantitative estimate of drug-likeness (QED) is 0.647. The van der Waals surface area contributed by atoms with Crippen LogP contribution in [0.3, 0.4) is 0 Å². The van der Waals surface area contributed by atoms with Gasteiger partial charge in [0.05, 0.1) is 10.9 Å². The van der Waals surface area contributed by atoms with E-state index >= 15 is 0 Å². The minimum Gasteiger partial charge on any atom is -0.353 e. The normalized spacial score (nSPS) is 18.6. The molecule has 1 fully saturated rings. The molecule has 3 N–H and O–H groups in total. The van der Waals surface area contributed by atoms with Crippen LogP contribution < -0.4 is 15.4 Å². The number of carbonyl (C=O) groups excluding carboxylic acids is 1. The molecule has 1 aromatic carbocycles. The lowest BCUT2D eigenvalue weighted by atomic mass is 10.3. The van der Waals surface area contributed by atoms with Gasteiger partial charge in [-0.05, 0) is 18.2 Å². The zero-order valence-electron chi connectivity index (χ0n) is 11.1. The summed E-state index contributed by atoms with van der Waals surface area (Å²) >= 11 is 7.42. The van der Waals surface area contributed by atoms with Gasteiger partial charge in [0.1, 0.15) is 0 Å². The summed E-state index contributed by atoms with van der Waals surface area (Å²) in [4.78, 5) is 11.8. The second kappa shape index (κ2) is 7.46. The van der Waals surface area contributed by atoms with Crippen molar-refractivity contribution in [3.8, 4) is 0 Å². The fraction of sp³-hybridized carbons (Fsp3) is 0.417. The highest BCUT2D eigenvalue weighted by molar-refractivity contribution is 7.99. The lowest BCUT2D eigenvalue weighted by Gasteiger charge is -2.11. The molecule has 116 valence electrons. The molecule has 0 aromatic heterocycles. The molecular formula is C12H16ClN3O3S2. The largest absolute Gasteiger partial charge is 0.353 e. The van der Waals surface area contributed by atoms with Gasteiger partial charge >= 0.3 is 0 Å². The van der Waals surface area contributed by atoms with E-state index in [-0.39, 0.29) is 29.9 Å². The van der Waals surface area contributed by atoms with Crippen LogP contribution in [0, 0.1) is 0 Å². The SMILES string of the molecule is O=C(NCCNS(=O)(=O)c1cccc(Cl)c1)C1CSCN1. The molecule has 0 aliphatic carbocycles. The van der Waals surface area contributed by atoms with E-state index < -0.39 is 10.0 Å². The molecular weight excluding hydrogens is 334 g/mol. The summed E-state index contributed by atoms with van der Waals surface area (Å²) in [5, 5.41) is 6.09. The lowest BCUT2D eigenvalue weighted by Crippen LogP contribution is -2.44. The van der Waals surface area contributed by atoms with Crippen molar-refractivity contribution in [3.63, 3.8) is 0 Å². The molecule has 2 rings (SSSR count). The van der Waals surface area contributed by atoms with Crippen LogP contribution in [-0.2, 0) is 14.8 Å². The number of hydrogen-bond acceptors (Lipinski definition) is 5. The molecule has 0 radical (unpaired) electrons. The number of amides is 1. The van der Waals surface area contributed by atoms with Crippen LogP contribution in [0.2, 0.25) is 5.02 Å². The fourth-order valence-electron chi connectivity index (χ4n) is 1.78. The summed E-state index contributed by atoms with van der Waals surface area (Å²) in [7, 11) is -3.61. The van der Waals surface area contributed by atoms with Crippen LogP contribution in [0.1, 0.15) is 0 Å². The van der Waals surface area contributed by atoms with E-state index in [2.05, 4.69) is 15.4 Å². The molecule has 21 heavy (non-hydrogen) atoms. The Labute approximate surface area is 133 Å². The van der Waals surface area contributed by atoms with Gasteiger partial charge in [-0.25, -0.2) is 13.1 Å². The predicted octanol–water partition coefficient (Wildman–Crippen LogP) is 0.397. The Morgan fingerprint density at radius 2 is 2.24 bits per heavy atom. The van der Waals surface area contributed by atoms with Crippen molar-refractivity contribution in [2.75, 3.05) is 24.7 Å². The van der Waals surface area contributed by atoms with Crippen molar-refractivity contribution in [1.82, 2.24) is 15.4 Å². The lowest BCUT2D eigenvalue weighted by molar-refractivity contribution is -0.122. The van der Waals surface area contributed by atoms with E-state index in [4.69, 9.17) is 11.6 Å². The predicted molar refractivity (Wildman–Crippen MR) is 83.9 cm³/mol. The highest BCUT2D eigenvalue weighted by Crippen LogP contribution is 2.14. The molecule has 0 spiro atoms. The summed E-state index contributed by atoms with van der Waals surface area (Å²) in [6.45, 7) is 0.363. The zero-order chi connectivity index (χ0) is 15.3. The third-order valence-corrected chi connectivity index (χ3v) is 5.49. The number of thioether (sulfide) groups is 1. The van der Waals surface area contributed by atoms with Gasteiger partial charge in [-0.2, -0.15) is 0 Å². The molecule has 9 heteroatoms. The Hall–Kier alpha value is -0.800. The van der Waals surface area contributed by atoms with Gasteiger partial charge in [0, 0.05) is 29.7 Å². The van der Waals surface area contributed by atoms with Crippen molar-refractivity contribution >= 4 is 39.3 Å². The molecule has 1 unspecified atom stereocenters. The number of sulfonamides is 1. The van der Waals surface area contributed by atoms with Crippen LogP contribution >= 0.6 is 23.4 Å². The van der Waals surface area contributed by atoms with Crippen molar-refractivity contribution in [1.29, 1.82) is 0 Å². The van der Waals surface area contributed by atoms with Crippen LogP contribution in [0.15, 0.2) is 29.2 Å². The topological polar surface area (TPSA) is 87.3 Å². The first-order valence-corrected chi connectivity index (χ1v) is 9.35. The van der Waals surface area contributed by atoms with Gasteiger partial charge in [0.15, 0.2) is 0 Å². The first kappa shape index (κ1) is 16.6. The third kappa shape index (κ3) is 4.86. The van der Waals surface area contributed by atoms with Crippen molar-refractivity contribution in [3.05, 3.63) is 29.3 Å². The summed E-state index contributed by atoms with van der Waals surface area (Å²) in [5.41, 5.74) is 0. The second-order valence-corrected chi connectivity index (χ2v) is 7.65. The number of nitrogens with one attached hydrogen (secondary N) is 3. The number of halogens is 1. The van der Waals surface area contributed by atoms with Crippen molar-refractivity contribution in [2.45, 2.75) is 10.9 Å². The standard InChI is InChI=1S/C12H16ClN3O3S2/c13-9-2-1-3-10(6-9)21(18,19)16-5-4-14-12(17)11-7-20-8-15-11/h1-3,6,11,15-16H,4-5,7-8H2,(H,14,17). The molecule has 1 saturated heterocycles. The molecule has 0 saturated carbocycles. The third-order valence-electron chi connectivity index (χ3n) is 2.86. The first-order valence-electron chi connectivity index (χ1n) is 6.33. The number of benzene rings is 1. The van der Waals surface area contributed by atoms with Gasteiger partial charge in [0.25, 0.3) is 0 Å². The van der Waals surface area contributed by atoms with Gasteiger partial charge in [0.2, 0.25) is 15.9 Å². The Bertz CT molecular complexity index is 604. The van der Waals surface area contributed by atoms with Crippen molar-refractivity contribution < 1.29 is 13.2 Å². The molecule has 0 bridgehead atoms. The van der Waals surface area contributed by atoms with Gasteiger partial charge in [-0.1, -0.05) is 17.7 Å². The van der Waals surface area contributed by atoms with Gasteiger partial charge in [-0.3, -0.25) is 10.1 Å². The minimum absolute atomic E-state index is 0.107. The molecule has 1 heterocycles. The molecule has 6 nitrogen and oxygen atoms in total. The van der Waals surface area contributed by atoms with Gasteiger partial charge < -0.3 is 5.32 Å². The average molecular weight is 350 g/mol. The van der Waals surface area contributed by atoms with Crippen LogP contribution in [-0.4, -0.2) is 45.1 Å². The van der Waals surface area contributed by atoms with Crippen LogP contribution in [0.4, 0.5) is 0 Å². The second-order valence-electron chi connectivity index (χ2n) is 4.42. The Kier molecular flexibility index (Phi) is 5.88. The molecule has 1 amide bonds. The number of carbonyl (C=O) groups is 1. The summed E-state index contributed by atoms with van der Waals surface area (Å²) in [6.07, 6.45) is 0. The highest BCUT2D eigenvalue weighted by atomic mass is 35.5. The summed E-state index contributed by atoms with van der Waals surface area (Å²) in [5.74, 6) is 1.39. The average Bonchev–Trinajstić information content (AvgIpc) is 2.97. The summed E-state index contributed by atoms with van der Waals surface area (Å²) < 4.78 is 26.4. The molecule has 1 aromatic rings. The maximum atomic E-state index is 12.0. The molecule has 1 atom stereocenters. The van der Waals surface area contributed by atoms with E-state index in [0.29, 0.717) is 5.02 Å². The van der Waals surface area contributed by atoms with Crippen molar-refractivity contribution in [2.24, 2.45) is 0 Å². The first-order chi connectivity index (χ1) is 9.99. The number of rotatable bonds is 6. The van der Waals surface area contributed by atoms with Crippen LogP contribution in [0.5, 0.6) is 0 Å². The minimum atomic E-state index is -3.61. The zero-order valence-corrected chi connectivity index (χ0v) is 13.5. The van der Waals surface area contributed by atoms with E-state index in [1.807, 2.05) is 0 Å². The summed E-state index contributed by atoms with van der Waals surface area (Å²) in [6, 6.07) is 5.82. The Morgan fingerprint density at radius 1 is 1.43 bits per heavy atom. The number of hydrogen-bond donors (Lipinski definition) is 3. The Morgan fingerprint density at radius 3 is 2.90 bits per heavy atom. The van der Waals surface area contributed by atoms with E-state index in [0.717, 1.165) is 11.6 Å². The maximum absolute atomic E-state index is 12.0. The molecule has 1 aliphatic heterocycles. The molecule has 1 aliphatic rings. The highest BCUT2D eigenvalue weighted by Gasteiger charge is 2.22. The Balaban J connectivity index is 1.78.